The molecule has 0 spiro atoms. The summed E-state index contributed by atoms with van der Waals surface area (Å²) in [5, 5.41) is 9.48. The predicted molar refractivity (Wildman–Crippen MR) is 75.3 cm³/mol. The molecule has 0 fully saturated rings. The largest absolute Gasteiger partial charge is 0.481 e. The van der Waals surface area contributed by atoms with Gasteiger partial charge in [0.25, 0.3) is 0 Å². The molecule has 3 N–H and O–H groups in total. The van der Waals surface area contributed by atoms with Crippen molar-refractivity contribution in [3.8, 4) is 11.1 Å². The third-order valence-electron chi connectivity index (χ3n) is 2.28. The van der Waals surface area contributed by atoms with Crippen LogP contribution in [-0.2, 0) is 4.79 Å². The number of aliphatic carboxylic acids is 1. The fourth-order valence-corrected chi connectivity index (χ4v) is 2.24. The van der Waals surface area contributed by atoms with Crippen molar-refractivity contribution in [3.05, 3.63) is 35.5 Å². The number of nitrogens with two attached hydrogens (primary N) is 1. The Morgan fingerprint density at radius 2 is 2.11 bits per heavy atom. The van der Waals surface area contributed by atoms with E-state index in [9.17, 15) is 4.79 Å². The minimum Gasteiger partial charge on any atom is -0.481 e. The first-order valence-corrected chi connectivity index (χ1v) is 6.66. The summed E-state index contributed by atoms with van der Waals surface area (Å²) in [5.74, 6) is -0.761. The molecule has 0 aliphatic carbocycles. The van der Waals surface area contributed by atoms with Gasteiger partial charge in [0, 0.05) is 22.3 Å². The molecule has 0 saturated carbocycles. The molecule has 19 heavy (non-hydrogen) atoms. The molecule has 2 rings (SSSR count). The molecule has 0 unspecified atom stereocenters. The molecule has 1 heterocycles. The lowest BCUT2D eigenvalue weighted by molar-refractivity contribution is -0.133. The number of carboxylic acids is 1. The highest BCUT2D eigenvalue weighted by Gasteiger charge is 2.10. The van der Waals surface area contributed by atoms with Crippen molar-refractivity contribution in [1.82, 2.24) is 9.97 Å². The molecule has 2 aromatic rings. The number of carboxylic acid groups (broad SMARTS) is 1. The maximum Gasteiger partial charge on any atom is 0.313 e. The molecular weight excluding hydrogens is 286 g/mol. The second-order valence-electron chi connectivity index (χ2n) is 3.61. The van der Waals surface area contributed by atoms with Gasteiger partial charge in [-0.2, -0.15) is 0 Å². The molecule has 98 valence electrons. The molecule has 0 atom stereocenters. The Balaban J connectivity index is 2.30. The predicted octanol–water partition coefficient (Wildman–Crippen LogP) is 2.56. The lowest BCUT2D eigenvalue weighted by Crippen LogP contribution is -2.02. The summed E-state index contributed by atoms with van der Waals surface area (Å²) in [4.78, 5) is 18.6. The first-order valence-electron chi connectivity index (χ1n) is 5.30. The molecule has 5 nitrogen and oxygen atoms in total. The van der Waals surface area contributed by atoms with Gasteiger partial charge in [-0.3, -0.25) is 4.79 Å². The molecule has 0 radical (unpaired) electrons. The molecule has 0 bridgehead atoms. The summed E-state index contributed by atoms with van der Waals surface area (Å²) < 4.78 is 0. The van der Waals surface area contributed by atoms with Crippen molar-refractivity contribution >= 4 is 35.1 Å². The van der Waals surface area contributed by atoms with Gasteiger partial charge in [-0.1, -0.05) is 41.6 Å². The van der Waals surface area contributed by atoms with Crippen LogP contribution in [0.4, 0.5) is 5.82 Å². The Labute approximate surface area is 118 Å². The minimum atomic E-state index is -0.928. The highest BCUT2D eigenvalue weighted by molar-refractivity contribution is 7.99. The van der Waals surface area contributed by atoms with Crippen LogP contribution in [0, 0.1) is 0 Å². The highest BCUT2D eigenvalue weighted by Crippen LogP contribution is 2.31. The van der Waals surface area contributed by atoms with Gasteiger partial charge < -0.3 is 10.8 Å². The second kappa shape index (κ2) is 5.90. The molecule has 0 aliphatic heterocycles. The van der Waals surface area contributed by atoms with Crippen molar-refractivity contribution in [2.75, 3.05) is 11.5 Å². The van der Waals surface area contributed by atoms with E-state index in [2.05, 4.69) is 9.97 Å². The van der Waals surface area contributed by atoms with Gasteiger partial charge in [0.2, 0.25) is 0 Å². The average molecular weight is 296 g/mol. The standard InChI is InChI=1S/C12H10ClN3O2S/c13-9-4-2-1-3-7(9)8-5-15-12(16-11(8)14)19-6-10(17)18/h1-5H,6H2,(H,17,18)(H2,14,15,16). The van der Waals surface area contributed by atoms with E-state index in [1.165, 1.54) is 0 Å². The van der Waals surface area contributed by atoms with E-state index in [-0.39, 0.29) is 11.6 Å². The maximum atomic E-state index is 10.5. The number of hydrogen-bond acceptors (Lipinski definition) is 5. The Bertz CT molecular complexity index is 622. The number of thioether (sulfide) groups is 1. The average Bonchev–Trinajstić information content (AvgIpc) is 2.38. The van der Waals surface area contributed by atoms with Crippen LogP contribution in [0.5, 0.6) is 0 Å². The van der Waals surface area contributed by atoms with Crippen LogP contribution < -0.4 is 5.73 Å². The normalized spacial score (nSPS) is 10.4. The molecule has 1 aromatic carbocycles. The zero-order valence-electron chi connectivity index (χ0n) is 9.71. The number of benzene rings is 1. The fraction of sp³-hybridized carbons (Fsp3) is 0.0833. The number of rotatable bonds is 4. The van der Waals surface area contributed by atoms with Crippen LogP contribution in [-0.4, -0.2) is 26.8 Å². The zero-order valence-corrected chi connectivity index (χ0v) is 11.3. The topological polar surface area (TPSA) is 89.1 Å². The number of anilines is 1. The van der Waals surface area contributed by atoms with E-state index in [1.807, 2.05) is 18.2 Å². The second-order valence-corrected chi connectivity index (χ2v) is 4.96. The quantitative estimate of drug-likeness (QED) is 0.665. The van der Waals surface area contributed by atoms with Crippen molar-refractivity contribution in [2.24, 2.45) is 0 Å². The van der Waals surface area contributed by atoms with Gasteiger partial charge in [0.1, 0.15) is 5.82 Å². The summed E-state index contributed by atoms with van der Waals surface area (Å²) in [6, 6.07) is 7.23. The summed E-state index contributed by atoms with van der Waals surface area (Å²) in [5.41, 5.74) is 7.23. The zero-order chi connectivity index (χ0) is 13.8. The van der Waals surface area contributed by atoms with E-state index in [4.69, 9.17) is 22.4 Å². The van der Waals surface area contributed by atoms with Gasteiger partial charge in [-0.15, -0.1) is 0 Å². The van der Waals surface area contributed by atoms with Crippen molar-refractivity contribution < 1.29 is 9.90 Å². The number of aromatic nitrogens is 2. The number of halogens is 1. The summed E-state index contributed by atoms with van der Waals surface area (Å²) in [6.45, 7) is 0. The Morgan fingerprint density at radius 3 is 2.74 bits per heavy atom. The molecule has 0 amide bonds. The smallest absolute Gasteiger partial charge is 0.313 e. The van der Waals surface area contributed by atoms with Crippen LogP contribution in [0.1, 0.15) is 0 Å². The molecule has 0 aliphatic rings. The van der Waals surface area contributed by atoms with E-state index < -0.39 is 5.97 Å². The molecule has 7 heteroatoms. The van der Waals surface area contributed by atoms with E-state index >= 15 is 0 Å². The summed E-state index contributed by atoms with van der Waals surface area (Å²) >= 11 is 7.10. The van der Waals surface area contributed by atoms with Crippen LogP contribution in [0.3, 0.4) is 0 Å². The van der Waals surface area contributed by atoms with E-state index in [0.717, 1.165) is 17.3 Å². The molecular formula is C12H10ClN3O2S. The van der Waals surface area contributed by atoms with Crippen molar-refractivity contribution in [1.29, 1.82) is 0 Å². The molecule has 0 saturated heterocycles. The van der Waals surface area contributed by atoms with Crippen LogP contribution in [0.25, 0.3) is 11.1 Å². The Kier molecular flexibility index (Phi) is 4.24. The minimum absolute atomic E-state index is 0.106. The number of nitrogens with zero attached hydrogens (tertiary/aromatic N) is 2. The number of hydrogen-bond donors (Lipinski definition) is 2. The van der Waals surface area contributed by atoms with Gasteiger partial charge in [-0.25, -0.2) is 9.97 Å². The van der Waals surface area contributed by atoms with Crippen LogP contribution in [0.15, 0.2) is 35.6 Å². The third-order valence-corrected chi connectivity index (χ3v) is 3.46. The van der Waals surface area contributed by atoms with Crippen LogP contribution in [0.2, 0.25) is 5.02 Å². The van der Waals surface area contributed by atoms with Crippen molar-refractivity contribution in [2.45, 2.75) is 5.16 Å². The Hall–Kier alpha value is -1.79. The number of nitrogen functional groups attached to an aromatic ring is 1. The first-order chi connectivity index (χ1) is 9.08. The monoisotopic (exact) mass is 295 g/mol. The maximum absolute atomic E-state index is 10.5. The van der Waals surface area contributed by atoms with Gasteiger partial charge in [0.05, 0.1) is 5.75 Å². The SMILES string of the molecule is Nc1nc(SCC(=O)O)ncc1-c1ccccc1Cl. The van der Waals surface area contributed by atoms with E-state index in [0.29, 0.717) is 15.7 Å². The van der Waals surface area contributed by atoms with Crippen LogP contribution >= 0.6 is 23.4 Å². The number of carbonyl (C=O) groups is 1. The lowest BCUT2D eigenvalue weighted by Gasteiger charge is -2.07. The van der Waals surface area contributed by atoms with Gasteiger partial charge in [0.15, 0.2) is 5.16 Å². The fourth-order valence-electron chi connectivity index (χ4n) is 1.46. The van der Waals surface area contributed by atoms with Gasteiger partial charge >= 0.3 is 5.97 Å². The van der Waals surface area contributed by atoms with E-state index in [1.54, 1.807) is 12.3 Å². The van der Waals surface area contributed by atoms with Gasteiger partial charge in [-0.05, 0) is 6.07 Å². The summed E-state index contributed by atoms with van der Waals surface area (Å²) in [7, 11) is 0. The first kappa shape index (κ1) is 13.6. The third kappa shape index (κ3) is 3.36. The lowest BCUT2D eigenvalue weighted by atomic mass is 10.1. The highest BCUT2D eigenvalue weighted by atomic mass is 35.5. The van der Waals surface area contributed by atoms with Crippen molar-refractivity contribution in [3.63, 3.8) is 0 Å². The Morgan fingerprint density at radius 1 is 1.37 bits per heavy atom. The summed E-state index contributed by atoms with van der Waals surface area (Å²) in [6.07, 6.45) is 1.55. The molecule has 1 aromatic heterocycles.